The van der Waals surface area contributed by atoms with Gasteiger partial charge in [0.05, 0.1) is 24.0 Å². The van der Waals surface area contributed by atoms with Crippen molar-refractivity contribution in [1.29, 1.82) is 5.26 Å². The van der Waals surface area contributed by atoms with Gasteiger partial charge in [-0.3, -0.25) is 9.48 Å². The number of carbonyl (C=O) groups excluding carboxylic acids is 2. The molecule has 1 aromatic heterocycles. The summed E-state index contributed by atoms with van der Waals surface area (Å²) in [5, 5.41) is 17.1. The van der Waals surface area contributed by atoms with Crippen molar-refractivity contribution in [3.8, 4) is 6.07 Å². The normalized spacial score (nSPS) is 15.0. The number of esters is 1. The maximum absolute atomic E-state index is 12.6. The quantitative estimate of drug-likeness (QED) is 0.731. The van der Waals surface area contributed by atoms with Gasteiger partial charge in [0.15, 0.2) is 6.61 Å². The summed E-state index contributed by atoms with van der Waals surface area (Å²) in [6, 6.07) is 9.62. The molecule has 3 rings (SSSR count). The average Bonchev–Trinajstić information content (AvgIpc) is 3.26. The number of halogens is 1. The molecular weight excluding hydrogens is 392 g/mol. The molecule has 0 radical (unpaired) electrons. The number of aromatic nitrogens is 2. The minimum atomic E-state index is -0.838. The van der Waals surface area contributed by atoms with E-state index in [2.05, 4.69) is 16.5 Å². The van der Waals surface area contributed by atoms with E-state index in [1.165, 1.54) is 0 Å². The molecule has 1 aliphatic carbocycles. The zero-order chi connectivity index (χ0) is 21.0. The van der Waals surface area contributed by atoms with Crippen molar-refractivity contribution in [1.82, 2.24) is 15.1 Å². The van der Waals surface area contributed by atoms with Crippen molar-refractivity contribution >= 4 is 23.5 Å². The number of hydrogen-bond donors (Lipinski definition) is 1. The van der Waals surface area contributed by atoms with Gasteiger partial charge in [-0.05, 0) is 51.2 Å². The third kappa shape index (κ3) is 4.60. The molecule has 0 aliphatic heterocycles. The lowest BCUT2D eigenvalue weighted by Gasteiger charge is -2.21. The zero-order valence-electron chi connectivity index (χ0n) is 16.5. The Bertz CT molecular complexity index is 971. The summed E-state index contributed by atoms with van der Waals surface area (Å²) in [4.78, 5) is 24.7. The number of amides is 1. The maximum atomic E-state index is 12.6. The average molecular weight is 415 g/mol. The van der Waals surface area contributed by atoms with Crippen LogP contribution in [0.25, 0.3) is 0 Å². The van der Waals surface area contributed by atoms with Crippen LogP contribution in [-0.4, -0.2) is 33.8 Å². The molecule has 0 atom stereocenters. The summed E-state index contributed by atoms with van der Waals surface area (Å²) in [7, 11) is 0. The van der Waals surface area contributed by atoms with Crippen molar-refractivity contribution in [2.75, 3.05) is 6.61 Å². The molecule has 152 valence electrons. The molecule has 8 heteroatoms. The Morgan fingerprint density at radius 2 is 2.00 bits per heavy atom. The number of hydrogen-bond acceptors (Lipinski definition) is 5. The Morgan fingerprint density at radius 1 is 1.31 bits per heavy atom. The molecule has 1 saturated carbocycles. The summed E-state index contributed by atoms with van der Waals surface area (Å²) in [5.74, 6) is -1.08. The first kappa shape index (κ1) is 20.9. The first-order valence-corrected chi connectivity index (χ1v) is 9.90. The number of carbonyl (C=O) groups is 2. The van der Waals surface area contributed by atoms with Gasteiger partial charge in [0.2, 0.25) is 0 Å². The predicted octanol–water partition coefficient (Wildman–Crippen LogP) is 3.31. The molecule has 1 N–H and O–H groups in total. The Labute approximate surface area is 174 Å². The lowest BCUT2D eigenvalue weighted by Crippen LogP contribution is -2.46. The highest BCUT2D eigenvalue weighted by atomic mass is 35.5. The second-order valence-electron chi connectivity index (χ2n) is 7.32. The van der Waals surface area contributed by atoms with E-state index in [0.29, 0.717) is 41.4 Å². The fourth-order valence-corrected chi connectivity index (χ4v) is 3.88. The second-order valence-corrected chi connectivity index (χ2v) is 7.73. The molecule has 0 saturated heterocycles. The van der Waals surface area contributed by atoms with Crippen molar-refractivity contribution in [2.45, 2.75) is 51.6 Å². The second kappa shape index (κ2) is 8.66. The van der Waals surface area contributed by atoms with E-state index in [4.69, 9.17) is 16.3 Å². The molecule has 1 aliphatic rings. The van der Waals surface area contributed by atoms with Crippen molar-refractivity contribution in [3.63, 3.8) is 0 Å². The number of rotatable bonds is 6. The highest BCUT2D eigenvalue weighted by molar-refractivity contribution is 6.31. The smallest absolute Gasteiger partial charge is 0.342 e. The molecule has 1 amide bonds. The third-order valence-electron chi connectivity index (χ3n) is 5.25. The monoisotopic (exact) mass is 414 g/mol. The van der Waals surface area contributed by atoms with E-state index in [1.807, 2.05) is 18.2 Å². The van der Waals surface area contributed by atoms with E-state index >= 15 is 0 Å². The van der Waals surface area contributed by atoms with E-state index in [-0.39, 0.29) is 0 Å². The summed E-state index contributed by atoms with van der Waals surface area (Å²) < 4.78 is 6.89. The largest absolute Gasteiger partial charge is 0.452 e. The van der Waals surface area contributed by atoms with Gasteiger partial charge in [0, 0.05) is 5.02 Å². The molecular formula is C21H23ClN4O3. The minimum Gasteiger partial charge on any atom is -0.452 e. The van der Waals surface area contributed by atoms with Crippen LogP contribution in [0.4, 0.5) is 0 Å². The number of aryl methyl sites for hydroxylation is 1. The molecule has 7 nitrogen and oxygen atoms in total. The zero-order valence-corrected chi connectivity index (χ0v) is 17.3. The molecule has 0 unspecified atom stereocenters. The van der Waals surface area contributed by atoms with Gasteiger partial charge in [-0.25, -0.2) is 4.79 Å². The number of nitrogens with one attached hydrogen (secondary N) is 1. The van der Waals surface area contributed by atoms with Gasteiger partial charge < -0.3 is 10.1 Å². The van der Waals surface area contributed by atoms with Crippen LogP contribution < -0.4 is 5.32 Å². The van der Waals surface area contributed by atoms with Gasteiger partial charge in [-0.2, -0.15) is 10.4 Å². The molecule has 1 heterocycles. The topological polar surface area (TPSA) is 97.0 Å². The van der Waals surface area contributed by atoms with Crippen molar-refractivity contribution < 1.29 is 14.3 Å². The molecule has 0 spiro atoms. The molecule has 2 aromatic rings. The highest BCUT2D eigenvalue weighted by Crippen LogP contribution is 2.28. The fourth-order valence-electron chi connectivity index (χ4n) is 3.68. The summed E-state index contributed by atoms with van der Waals surface area (Å²) in [6.07, 6.45) is 3.04. The van der Waals surface area contributed by atoms with Gasteiger partial charge in [-0.1, -0.05) is 29.8 Å². The summed E-state index contributed by atoms with van der Waals surface area (Å²) >= 11 is 6.21. The predicted molar refractivity (Wildman–Crippen MR) is 107 cm³/mol. The minimum absolute atomic E-state index is 0.334. The number of nitriles is 1. The number of ether oxygens (including phenoxy) is 1. The standard InChI is InChI=1S/C21H23ClN4O3/c1-14-19(15(2)26(25-14)11-16-7-3-4-8-17(16)22)20(28)29-12-18(27)24-21(13-23)9-5-6-10-21/h3-4,7-8H,5-6,9-12H2,1-2H3,(H,24,27). The van der Waals surface area contributed by atoms with Gasteiger partial charge in [-0.15, -0.1) is 0 Å². The summed E-state index contributed by atoms with van der Waals surface area (Å²) in [6.45, 7) is 3.48. The molecule has 1 fully saturated rings. The van der Waals surface area contributed by atoms with Crippen LogP contribution >= 0.6 is 11.6 Å². The van der Waals surface area contributed by atoms with Crippen LogP contribution in [0.1, 0.15) is 53.0 Å². The Morgan fingerprint density at radius 3 is 2.66 bits per heavy atom. The van der Waals surface area contributed by atoms with Crippen LogP contribution in [0.5, 0.6) is 0 Å². The van der Waals surface area contributed by atoms with Crippen molar-refractivity contribution in [3.05, 3.63) is 51.8 Å². The van der Waals surface area contributed by atoms with Crippen LogP contribution in [0.2, 0.25) is 5.02 Å². The Balaban J connectivity index is 1.65. The lowest BCUT2D eigenvalue weighted by atomic mass is 10.00. The molecule has 29 heavy (non-hydrogen) atoms. The van der Waals surface area contributed by atoms with E-state index < -0.39 is 24.0 Å². The number of nitrogens with zero attached hydrogens (tertiary/aromatic N) is 3. The first-order chi connectivity index (χ1) is 13.8. The molecule has 0 bridgehead atoms. The third-order valence-corrected chi connectivity index (χ3v) is 5.62. The lowest BCUT2D eigenvalue weighted by molar-refractivity contribution is -0.125. The Kier molecular flexibility index (Phi) is 6.23. The van der Waals surface area contributed by atoms with Gasteiger partial charge >= 0.3 is 5.97 Å². The SMILES string of the molecule is Cc1nn(Cc2ccccc2Cl)c(C)c1C(=O)OCC(=O)NC1(C#N)CCCC1. The van der Waals surface area contributed by atoms with Gasteiger partial charge in [0.1, 0.15) is 11.1 Å². The van der Waals surface area contributed by atoms with E-state index in [1.54, 1.807) is 24.6 Å². The number of benzene rings is 1. The van der Waals surface area contributed by atoms with Crippen molar-refractivity contribution in [2.24, 2.45) is 0 Å². The van der Waals surface area contributed by atoms with Crippen LogP contribution in [0.3, 0.4) is 0 Å². The van der Waals surface area contributed by atoms with Gasteiger partial charge in [0.25, 0.3) is 5.91 Å². The van der Waals surface area contributed by atoms with Crippen LogP contribution in [-0.2, 0) is 16.1 Å². The first-order valence-electron chi connectivity index (χ1n) is 9.52. The molecule has 1 aromatic carbocycles. The van der Waals surface area contributed by atoms with E-state index in [9.17, 15) is 14.9 Å². The highest BCUT2D eigenvalue weighted by Gasteiger charge is 2.35. The summed E-state index contributed by atoms with van der Waals surface area (Å²) in [5.41, 5.74) is 1.54. The Hall–Kier alpha value is -2.85. The van der Waals surface area contributed by atoms with Crippen LogP contribution in [0, 0.1) is 25.2 Å². The maximum Gasteiger partial charge on any atom is 0.342 e. The van der Waals surface area contributed by atoms with Crippen LogP contribution in [0.15, 0.2) is 24.3 Å². The van der Waals surface area contributed by atoms with E-state index in [0.717, 1.165) is 18.4 Å². The fraction of sp³-hybridized carbons (Fsp3) is 0.429.